The molecule has 1 aliphatic heterocycles. The first kappa shape index (κ1) is 14.6. The van der Waals surface area contributed by atoms with Crippen LogP contribution in [0.25, 0.3) is 0 Å². The molecule has 0 aromatic heterocycles. The first-order valence-electron chi connectivity index (χ1n) is 7.55. The van der Waals surface area contributed by atoms with E-state index in [0.29, 0.717) is 5.75 Å². The van der Waals surface area contributed by atoms with Crippen LogP contribution in [0.2, 0.25) is 0 Å². The molecular weight excluding hydrogens is 336 g/mol. The summed E-state index contributed by atoms with van der Waals surface area (Å²) in [5.74, 6) is 0.352. The second-order valence-electron chi connectivity index (χ2n) is 6.04. The molecule has 20 heavy (non-hydrogen) atoms. The highest BCUT2D eigenvalue weighted by Crippen LogP contribution is 2.38. The highest BCUT2D eigenvalue weighted by molar-refractivity contribution is 9.09. The van der Waals surface area contributed by atoms with Gasteiger partial charge in [-0.25, -0.2) is 8.42 Å². The Morgan fingerprint density at radius 1 is 1.05 bits per heavy atom. The summed E-state index contributed by atoms with van der Waals surface area (Å²) in [7, 11) is -2.94. The van der Waals surface area contributed by atoms with Crippen LogP contribution in [0, 0.1) is 0 Å². The molecule has 1 fully saturated rings. The van der Waals surface area contributed by atoms with E-state index in [2.05, 4.69) is 34.1 Å². The zero-order valence-corrected chi connectivity index (χ0v) is 14.0. The van der Waals surface area contributed by atoms with Crippen LogP contribution in [0.15, 0.2) is 18.2 Å². The zero-order chi connectivity index (χ0) is 14.2. The predicted molar refractivity (Wildman–Crippen MR) is 86.2 cm³/mol. The lowest BCUT2D eigenvalue weighted by Crippen LogP contribution is -2.31. The van der Waals surface area contributed by atoms with Crippen LogP contribution >= 0.6 is 15.9 Å². The molecule has 0 bridgehead atoms. The van der Waals surface area contributed by atoms with Crippen LogP contribution < -0.4 is 0 Å². The van der Waals surface area contributed by atoms with E-state index in [1.807, 2.05) is 0 Å². The predicted octanol–water partition coefficient (Wildman–Crippen LogP) is 3.97. The van der Waals surface area contributed by atoms with Crippen molar-refractivity contribution >= 4 is 25.8 Å². The quantitative estimate of drug-likeness (QED) is 0.751. The largest absolute Gasteiger partial charge is 0.228 e. The van der Waals surface area contributed by atoms with Gasteiger partial charge in [-0.3, -0.25) is 0 Å². The monoisotopic (exact) mass is 356 g/mol. The molecule has 1 saturated heterocycles. The maximum atomic E-state index is 12.3. The average Bonchev–Trinajstić information content (AvgIpc) is 2.45. The Hall–Kier alpha value is -0.350. The van der Waals surface area contributed by atoms with Gasteiger partial charge in [0.05, 0.1) is 15.8 Å². The molecule has 0 amide bonds. The minimum absolute atomic E-state index is 0.0555. The molecule has 2 unspecified atom stereocenters. The number of fused-ring (bicyclic) bond motifs is 1. The van der Waals surface area contributed by atoms with Crippen LogP contribution in [0.1, 0.15) is 53.6 Å². The van der Waals surface area contributed by atoms with Crippen molar-refractivity contribution in [3.8, 4) is 0 Å². The Bertz CT molecular complexity index is 594. The van der Waals surface area contributed by atoms with Gasteiger partial charge in [-0.15, -0.1) is 0 Å². The molecule has 3 rings (SSSR count). The van der Waals surface area contributed by atoms with E-state index in [-0.39, 0.29) is 10.1 Å². The Morgan fingerprint density at radius 3 is 2.55 bits per heavy atom. The third kappa shape index (κ3) is 2.82. The fourth-order valence-corrected chi connectivity index (χ4v) is 6.94. The van der Waals surface area contributed by atoms with Crippen molar-refractivity contribution in [3.63, 3.8) is 0 Å². The van der Waals surface area contributed by atoms with Gasteiger partial charge >= 0.3 is 0 Å². The van der Waals surface area contributed by atoms with Crippen LogP contribution in [0.4, 0.5) is 0 Å². The second kappa shape index (κ2) is 5.80. The molecule has 1 aromatic rings. The van der Waals surface area contributed by atoms with E-state index in [1.54, 1.807) is 0 Å². The van der Waals surface area contributed by atoms with Crippen LogP contribution in [0.3, 0.4) is 0 Å². The van der Waals surface area contributed by atoms with Gasteiger partial charge in [0.15, 0.2) is 9.84 Å². The molecule has 4 heteroatoms. The Labute approximate surface area is 130 Å². The van der Waals surface area contributed by atoms with E-state index in [1.165, 1.54) is 30.4 Å². The smallest absolute Gasteiger partial charge is 0.154 e. The van der Waals surface area contributed by atoms with Gasteiger partial charge < -0.3 is 0 Å². The summed E-state index contributed by atoms with van der Waals surface area (Å²) < 4.78 is 24.5. The molecule has 0 spiro atoms. The molecule has 1 aliphatic carbocycles. The normalized spacial score (nSPS) is 26.8. The summed E-state index contributed by atoms with van der Waals surface area (Å²) in [6, 6.07) is 6.55. The van der Waals surface area contributed by atoms with E-state index < -0.39 is 9.84 Å². The van der Waals surface area contributed by atoms with Gasteiger partial charge in [0, 0.05) is 0 Å². The molecule has 0 radical (unpaired) electrons. The zero-order valence-electron chi connectivity index (χ0n) is 11.6. The molecule has 0 N–H and O–H groups in total. The summed E-state index contributed by atoms with van der Waals surface area (Å²) in [6.45, 7) is 0. The minimum Gasteiger partial charge on any atom is -0.228 e. The highest BCUT2D eigenvalue weighted by atomic mass is 79.9. The van der Waals surface area contributed by atoms with E-state index in [0.717, 1.165) is 31.2 Å². The number of alkyl halides is 1. The number of halogens is 1. The SMILES string of the molecule is O=S1(=O)CCCCC1C(Br)c1ccc2c(c1)CCCC2. The summed E-state index contributed by atoms with van der Waals surface area (Å²) in [4.78, 5) is -0.0555. The molecule has 1 aromatic carbocycles. The van der Waals surface area contributed by atoms with Gasteiger partial charge in [0.25, 0.3) is 0 Å². The first-order valence-corrected chi connectivity index (χ1v) is 10.2. The van der Waals surface area contributed by atoms with Gasteiger partial charge in [-0.2, -0.15) is 0 Å². The maximum absolute atomic E-state index is 12.3. The number of hydrogen-bond acceptors (Lipinski definition) is 2. The number of hydrogen-bond donors (Lipinski definition) is 0. The van der Waals surface area contributed by atoms with Crippen molar-refractivity contribution in [1.29, 1.82) is 0 Å². The second-order valence-corrected chi connectivity index (χ2v) is 9.36. The van der Waals surface area contributed by atoms with Crippen LogP contribution in [-0.4, -0.2) is 19.4 Å². The topological polar surface area (TPSA) is 34.1 Å². The van der Waals surface area contributed by atoms with Crippen LogP contribution in [0.5, 0.6) is 0 Å². The molecule has 2 nitrogen and oxygen atoms in total. The summed E-state index contributed by atoms with van der Waals surface area (Å²) >= 11 is 3.67. The molecule has 110 valence electrons. The molecule has 1 heterocycles. The van der Waals surface area contributed by atoms with Crippen molar-refractivity contribution < 1.29 is 8.42 Å². The lowest BCUT2D eigenvalue weighted by atomic mass is 9.89. The maximum Gasteiger partial charge on any atom is 0.154 e. The standard InChI is InChI=1S/C16H21BrO2S/c17-16(15-7-3-4-10-20(15,18)19)14-9-8-12-5-1-2-6-13(12)11-14/h8-9,11,15-16H,1-7,10H2. The number of benzene rings is 1. The van der Waals surface area contributed by atoms with E-state index in [4.69, 9.17) is 0 Å². The molecule has 0 saturated carbocycles. The summed E-state index contributed by atoms with van der Waals surface area (Å²) in [5.41, 5.74) is 4.01. The first-order chi connectivity index (χ1) is 9.58. The van der Waals surface area contributed by atoms with E-state index in [9.17, 15) is 8.42 Å². The lowest BCUT2D eigenvalue weighted by molar-refractivity contribution is 0.536. The van der Waals surface area contributed by atoms with Crippen molar-refractivity contribution in [2.45, 2.75) is 55.0 Å². The van der Waals surface area contributed by atoms with Gasteiger partial charge in [0.2, 0.25) is 0 Å². The van der Waals surface area contributed by atoms with Crippen LogP contribution in [-0.2, 0) is 22.7 Å². The van der Waals surface area contributed by atoms with Crippen molar-refractivity contribution in [2.75, 3.05) is 5.75 Å². The summed E-state index contributed by atoms with van der Waals surface area (Å²) in [5, 5.41) is -0.252. The third-order valence-corrected chi connectivity index (χ3v) is 8.45. The average molecular weight is 357 g/mol. The lowest BCUT2D eigenvalue weighted by Gasteiger charge is -2.27. The molecular formula is C16H21BrO2S. The van der Waals surface area contributed by atoms with Gasteiger partial charge in [0.1, 0.15) is 0 Å². The molecule has 2 atom stereocenters. The van der Waals surface area contributed by atoms with Crippen molar-refractivity contribution in [2.24, 2.45) is 0 Å². The Morgan fingerprint density at radius 2 is 1.80 bits per heavy atom. The number of sulfone groups is 1. The Balaban J connectivity index is 1.88. The highest BCUT2D eigenvalue weighted by Gasteiger charge is 2.35. The van der Waals surface area contributed by atoms with Crippen molar-refractivity contribution in [1.82, 2.24) is 0 Å². The summed E-state index contributed by atoms with van der Waals surface area (Å²) in [6.07, 6.45) is 7.48. The third-order valence-electron chi connectivity index (χ3n) is 4.65. The number of rotatable bonds is 2. The van der Waals surface area contributed by atoms with Crippen molar-refractivity contribution in [3.05, 3.63) is 34.9 Å². The van der Waals surface area contributed by atoms with Gasteiger partial charge in [-0.1, -0.05) is 40.5 Å². The fraction of sp³-hybridized carbons (Fsp3) is 0.625. The van der Waals surface area contributed by atoms with Gasteiger partial charge in [-0.05, 0) is 55.2 Å². The fourth-order valence-electron chi connectivity index (χ4n) is 3.45. The molecule has 2 aliphatic rings. The number of aryl methyl sites for hydroxylation is 2. The van der Waals surface area contributed by atoms with E-state index >= 15 is 0 Å². The Kier molecular flexibility index (Phi) is 4.23. The minimum atomic E-state index is -2.94.